The highest BCUT2D eigenvalue weighted by molar-refractivity contribution is 6.05. The Kier molecular flexibility index (Phi) is 9.08. The number of methoxy groups -OCH3 is 1. The highest BCUT2D eigenvalue weighted by atomic mass is 16.5. The summed E-state index contributed by atoms with van der Waals surface area (Å²) in [6, 6.07) is 12.0. The second-order valence-corrected chi connectivity index (χ2v) is 12.0. The zero-order valence-electron chi connectivity index (χ0n) is 25.1. The van der Waals surface area contributed by atoms with Crippen molar-refractivity contribution in [2.75, 3.05) is 7.11 Å². The van der Waals surface area contributed by atoms with Crippen LogP contribution in [-0.2, 0) is 0 Å². The third-order valence-corrected chi connectivity index (χ3v) is 8.33. The van der Waals surface area contributed by atoms with Crippen molar-refractivity contribution in [3.63, 3.8) is 0 Å². The van der Waals surface area contributed by atoms with Crippen LogP contribution in [0, 0.1) is 11.8 Å². The number of benzene rings is 2. The van der Waals surface area contributed by atoms with E-state index in [1.807, 2.05) is 37.3 Å². The molecule has 0 radical (unpaired) electrons. The van der Waals surface area contributed by atoms with Gasteiger partial charge in [-0.15, -0.1) is 0 Å². The molecule has 4 atom stereocenters. The summed E-state index contributed by atoms with van der Waals surface area (Å²) < 4.78 is 12.2. The molecule has 0 spiro atoms. The van der Waals surface area contributed by atoms with Gasteiger partial charge in [0, 0.05) is 12.0 Å². The van der Waals surface area contributed by atoms with Crippen LogP contribution in [-0.4, -0.2) is 23.6 Å². The van der Waals surface area contributed by atoms with Gasteiger partial charge in [0.15, 0.2) is 5.78 Å². The van der Waals surface area contributed by atoms with Gasteiger partial charge in [-0.05, 0) is 96.8 Å². The summed E-state index contributed by atoms with van der Waals surface area (Å²) in [6.45, 7) is 12.5. The van der Waals surface area contributed by atoms with Crippen molar-refractivity contribution in [2.45, 2.75) is 78.7 Å². The molecule has 2 aliphatic rings. The van der Waals surface area contributed by atoms with Crippen LogP contribution in [0.3, 0.4) is 0 Å². The molecule has 0 fully saturated rings. The van der Waals surface area contributed by atoms with Crippen LogP contribution in [0.5, 0.6) is 17.2 Å². The average Bonchev–Trinajstić information content (AvgIpc) is 2.91. The quantitative estimate of drug-likeness (QED) is 0.254. The van der Waals surface area contributed by atoms with E-state index < -0.39 is 5.60 Å². The van der Waals surface area contributed by atoms with Gasteiger partial charge in [-0.2, -0.15) is 0 Å². The summed E-state index contributed by atoms with van der Waals surface area (Å²) >= 11 is 0. The first-order valence-electron chi connectivity index (χ1n) is 14.4. The van der Waals surface area contributed by atoms with Gasteiger partial charge < -0.3 is 14.6 Å². The molecule has 40 heavy (non-hydrogen) atoms. The number of carbonyl (C=O) groups excluding carboxylic acids is 1. The zero-order chi connectivity index (χ0) is 29.0. The molecule has 2 aromatic rings. The molecule has 0 amide bonds. The first-order chi connectivity index (χ1) is 19.0. The first kappa shape index (κ1) is 29.5. The van der Waals surface area contributed by atoms with Gasteiger partial charge in [0.2, 0.25) is 0 Å². The number of fused-ring (bicyclic) bond motifs is 1. The maximum atomic E-state index is 14.6. The van der Waals surface area contributed by atoms with E-state index in [9.17, 15) is 9.90 Å². The molecule has 0 aromatic heterocycles. The van der Waals surface area contributed by atoms with Gasteiger partial charge in [-0.1, -0.05) is 65.3 Å². The van der Waals surface area contributed by atoms with E-state index in [0.717, 1.165) is 31.2 Å². The number of Topliss-reactive ketones (excluding diaryl/α,β-unsaturated/α-hetero) is 1. The van der Waals surface area contributed by atoms with Crippen LogP contribution in [0.15, 0.2) is 77.4 Å². The van der Waals surface area contributed by atoms with Gasteiger partial charge in [0.05, 0.1) is 12.7 Å². The molecular weight excluding hydrogens is 496 g/mol. The monoisotopic (exact) mass is 540 g/mol. The molecule has 212 valence electrons. The normalized spacial score (nSPS) is 23.4. The standard InChI is InChI=1S/C36H44O4/c1-23(2)12-11-20-36(6)21-19-29-30(40-36)22-31(39-7)33(34(29)37)35(38)32-27(17-15-24(3)4)25(5)16-18-28(32)26-13-9-8-10-14-26/h8-10,12-16,19,21-22,27-28,32,37H,11,17-18,20H2,1-7H3/t27-,28+,32-,36-/m1/s1. The molecule has 1 aliphatic heterocycles. The molecule has 1 heterocycles. The van der Waals surface area contributed by atoms with Crippen molar-refractivity contribution < 1.29 is 19.4 Å². The molecule has 1 aliphatic carbocycles. The Hall–Kier alpha value is -3.53. The topological polar surface area (TPSA) is 55.8 Å². The summed E-state index contributed by atoms with van der Waals surface area (Å²) in [5.74, 6) is 0.406. The number of aromatic hydroxyl groups is 1. The molecule has 0 saturated heterocycles. The van der Waals surface area contributed by atoms with E-state index in [2.05, 4.69) is 65.0 Å². The maximum Gasteiger partial charge on any atom is 0.174 e. The molecule has 0 bridgehead atoms. The zero-order valence-corrected chi connectivity index (χ0v) is 25.1. The van der Waals surface area contributed by atoms with E-state index in [1.165, 1.54) is 16.7 Å². The summed E-state index contributed by atoms with van der Waals surface area (Å²) in [5, 5.41) is 11.6. The van der Waals surface area contributed by atoms with Crippen LogP contribution in [0.1, 0.15) is 94.6 Å². The maximum absolute atomic E-state index is 14.6. The Bertz CT molecular complexity index is 1350. The first-order valence-corrected chi connectivity index (χ1v) is 14.4. The van der Waals surface area contributed by atoms with E-state index >= 15 is 0 Å². The number of phenols is 1. The van der Waals surface area contributed by atoms with Crippen LogP contribution in [0.2, 0.25) is 0 Å². The number of hydrogen-bond donors (Lipinski definition) is 1. The van der Waals surface area contributed by atoms with Crippen LogP contribution in [0.25, 0.3) is 6.08 Å². The van der Waals surface area contributed by atoms with Crippen molar-refractivity contribution in [3.05, 3.63) is 94.1 Å². The van der Waals surface area contributed by atoms with Gasteiger partial charge in [0.1, 0.15) is 28.4 Å². The molecule has 4 rings (SSSR count). The Morgan fingerprint density at radius 3 is 2.48 bits per heavy atom. The van der Waals surface area contributed by atoms with Crippen molar-refractivity contribution in [1.29, 1.82) is 0 Å². The van der Waals surface area contributed by atoms with Crippen LogP contribution in [0.4, 0.5) is 0 Å². The largest absolute Gasteiger partial charge is 0.506 e. The Labute approximate surface area is 240 Å². The number of ketones is 1. The van der Waals surface area contributed by atoms with Crippen LogP contribution < -0.4 is 9.47 Å². The van der Waals surface area contributed by atoms with Crippen molar-refractivity contribution in [3.8, 4) is 17.2 Å². The summed E-state index contributed by atoms with van der Waals surface area (Å²) in [7, 11) is 1.55. The lowest BCUT2D eigenvalue weighted by Crippen LogP contribution is -2.34. The lowest BCUT2D eigenvalue weighted by molar-refractivity contribution is 0.0843. The summed E-state index contributed by atoms with van der Waals surface area (Å²) in [6.07, 6.45) is 13.8. The Morgan fingerprint density at radius 1 is 1.12 bits per heavy atom. The number of rotatable bonds is 9. The number of allylic oxidation sites excluding steroid dienone is 6. The molecule has 0 saturated carbocycles. The minimum Gasteiger partial charge on any atom is -0.506 e. The highest BCUT2D eigenvalue weighted by Crippen LogP contribution is 2.49. The fourth-order valence-electron chi connectivity index (χ4n) is 6.05. The van der Waals surface area contributed by atoms with E-state index in [4.69, 9.17) is 9.47 Å². The van der Waals surface area contributed by atoms with Crippen molar-refractivity contribution >= 4 is 11.9 Å². The lowest BCUT2D eigenvalue weighted by atomic mass is 9.65. The van der Waals surface area contributed by atoms with Crippen LogP contribution >= 0.6 is 0 Å². The van der Waals surface area contributed by atoms with Gasteiger partial charge in [-0.25, -0.2) is 0 Å². The van der Waals surface area contributed by atoms with E-state index in [1.54, 1.807) is 13.2 Å². The minimum atomic E-state index is -0.513. The molecule has 4 heteroatoms. The van der Waals surface area contributed by atoms with Gasteiger partial charge in [0.25, 0.3) is 0 Å². The molecule has 2 aromatic carbocycles. The van der Waals surface area contributed by atoms with Gasteiger partial charge in [-0.3, -0.25) is 4.79 Å². The number of carbonyl (C=O) groups is 1. The van der Waals surface area contributed by atoms with E-state index in [0.29, 0.717) is 17.1 Å². The fourth-order valence-corrected chi connectivity index (χ4v) is 6.05. The predicted molar refractivity (Wildman–Crippen MR) is 164 cm³/mol. The summed E-state index contributed by atoms with van der Waals surface area (Å²) in [5.41, 5.74) is 5.12. The Balaban J connectivity index is 1.78. The second-order valence-electron chi connectivity index (χ2n) is 12.0. The molecule has 0 unspecified atom stereocenters. The van der Waals surface area contributed by atoms with Crippen molar-refractivity contribution in [2.24, 2.45) is 11.8 Å². The summed E-state index contributed by atoms with van der Waals surface area (Å²) in [4.78, 5) is 14.6. The number of ether oxygens (including phenoxy) is 2. The lowest BCUT2D eigenvalue weighted by Gasteiger charge is -2.38. The number of phenolic OH excluding ortho intramolecular Hbond substituents is 1. The number of hydrogen-bond acceptors (Lipinski definition) is 4. The third-order valence-electron chi connectivity index (χ3n) is 8.33. The van der Waals surface area contributed by atoms with Crippen molar-refractivity contribution in [1.82, 2.24) is 0 Å². The second kappa shape index (κ2) is 12.3. The SMILES string of the molecule is COc1cc2c(c(O)c1C(=O)[C@@H]1[C@H](CC=C(C)C)C(C)=CC[C@H]1c1ccccc1)C=C[C@@](C)(CCC=C(C)C)O2. The fraction of sp³-hybridized carbons (Fsp3) is 0.417. The smallest absolute Gasteiger partial charge is 0.174 e. The molecule has 1 N–H and O–H groups in total. The minimum absolute atomic E-state index is 0.00161. The van der Waals surface area contributed by atoms with Gasteiger partial charge >= 0.3 is 0 Å². The highest BCUT2D eigenvalue weighted by Gasteiger charge is 2.42. The molecule has 4 nitrogen and oxygen atoms in total. The predicted octanol–water partition coefficient (Wildman–Crippen LogP) is 9.22. The molecular formula is C36H44O4. The Morgan fingerprint density at radius 2 is 1.82 bits per heavy atom. The van der Waals surface area contributed by atoms with E-state index in [-0.39, 0.29) is 34.8 Å². The third kappa shape index (κ3) is 6.27. The average molecular weight is 541 g/mol.